The number of nitrogens with zero attached hydrogens (tertiary/aromatic N) is 2. The van der Waals surface area contributed by atoms with Gasteiger partial charge in [0.2, 0.25) is 5.69 Å². The Balaban J connectivity index is 1.82. The van der Waals surface area contributed by atoms with Crippen LogP contribution < -0.4 is 4.74 Å². The molecule has 0 saturated carbocycles. The molecule has 0 aliphatic heterocycles. The van der Waals surface area contributed by atoms with Gasteiger partial charge in [0.05, 0.1) is 0 Å². The van der Waals surface area contributed by atoms with Gasteiger partial charge < -0.3 is 9.84 Å². The third-order valence-corrected chi connectivity index (χ3v) is 2.99. The molecule has 0 amide bonds. The highest BCUT2D eigenvalue weighted by molar-refractivity contribution is 5.87. The molecule has 0 saturated heterocycles. The Morgan fingerprint density at radius 1 is 1.12 bits per heavy atom. The normalized spacial score (nSPS) is 9.88. The summed E-state index contributed by atoms with van der Waals surface area (Å²) in [6.07, 6.45) is 0. The lowest BCUT2D eigenvalue weighted by atomic mass is 10.2. The summed E-state index contributed by atoms with van der Waals surface area (Å²) >= 11 is 0. The lowest BCUT2D eigenvalue weighted by molar-refractivity contribution is 0.0687. The molecule has 0 radical (unpaired) electrons. The zero-order valence-corrected chi connectivity index (χ0v) is 12.2. The molecular weight excluding hydrogens is 313 g/mol. The van der Waals surface area contributed by atoms with Crippen molar-refractivity contribution in [3.63, 3.8) is 0 Å². The first kappa shape index (κ1) is 15.2. The Bertz CT molecular complexity index is 942. The maximum absolute atomic E-state index is 14.1. The van der Waals surface area contributed by atoms with E-state index in [4.69, 9.17) is 9.84 Å². The number of rotatable bonds is 3. The van der Waals surface area contributed by atoms with Crippen LogP contribution in [0.4, 0.5) is 4.39 Å². The van der Waals surface area contributed by atoms with E-state index in [0.29, 0.717) is 5.56 Å². The van der Waals surface area contributed by atoms with Crippen LogP contribution in [-0.2, 0) is 0 Å². The monoisotopic (exact) mass is 323 g/mol. The summed E-state index contributed by atoms with van der Waals surface area (Å²) in [6, 6.07) is 13.4. The van der Waals surface area contributed by atoms with Gasteiger partial charge in [0.25, 0.3) is 5.88 Å². The fourth-order valence-corrected chi connectivity index (χ4v) is 1.87. The van der Waals surface area contributed by atoms with Gasteiger partial charge in [0.1, 0.15) is 0 Å². The topological polar surface area (TPSA) is 88.1 Å². The average Bonchev–Trinajstić information content (AvgIpc) is 3.05. The first-order valence-corrected chi connectivity index (χ1v) is 6.82. The molecule has 1 heterocycles. The molecule has 0 bridgehead atoms. The molecule has 3 aromatic rings. The highest BCUT2D eigenvalue weighted by Crippen LogP contribution is 2.25. The summed E-state index contributed by atoms with van der Waals surface area (Å²) in [5.41, 5.74) is 0.847. The number of nitrogens with one attached hydrogen (secondary N) is 1. The Hall–Kier alpha value is -3.66. The second-order valence-electron chi connectivity index (χ2n) is 4.66. The molecule has 24 heavy (non-hydrogen) atoms. The summed E-state index contributed by atoms with van der Waals surface area (Å²) in [6.45, 7) is 0. The van der Waals surface area contributed by atoms with Crippen LogP contribution >= 0.6 is 0 Å². The van der Waals surface area contributed by atoms with Crippen LogP contribution in [0.2, 0.25) is 0 Å². The molecule has 1 aromatic heterocycles. The van der Waals surface area contributed by atoms with E-state index in [-0.39, 0.29) is 11.6 Å². The molecule has 0 unspecified atom stereocenters. The van der Waals surface area contributed by atoms with E-state index < -0.39 is 17.5 Å². The number of aromatic nitrogens is 3. The van der Waals surface area contributed by atoms with E-state index in [9.17, 15) is 9.18 Å². The van der Waals surface area contributed by atoms with Crippen molar-refractivity contribution in [2.24, 2.45) is 0 Å². The largest absolute Gasteiger partial charge is 0.476 e. The molecule has 118 valence electrons. The highest BCUT2D eigenvalue weighted by atomic mass is 19.1. The molecule has 2 aromatic carbocycles. The van der Waals surface area contributed by atoms with Crippen molar-refractivity contribution in [2.45, 2.75) is 0 Å². The minimum absolute atomic E-state index is 0.159. The summed E-state index contributed by atoms with van der Waals surface area (Å²) in [5.74, 6) is 3.35. The molecule has 0 aliphatic carbocycles. The Kier molecular flexibility index (Phi) is 4.21. The van der Waals surface area contributed by atoms with Gasteiger partial charge in [-0.1, -0.05) is 35.3 Å². The summed E-state index contributed by atoms with van der Waals surface area (Å²) in [7, 11) is 0. The van der Waals surface area contributed by atoms with E-state index in [0.717, 1.165) is 5.56 Å². The predicted octanol–water partition coefficient (Wildman–Crippen LogP) is 2.83. The zero-order valence-electron chi connectivity index (χ0n) is 12.2. The maximum atomic E-state index is 14.1. The predicted molar refractivity (Wildman–Crippen MR) is 82.2 cm³/mol. The van der Waals surface area contributed by atoms with Crippen molar-refractivity contribution in [3.05, 3.63) is 71.2 Å². The smallest absolute Gasteiger partial charge is 0.362 e. The van der Waals surface area contributed by atoms with Gasteiger partial charge in [0, 0.05) is 11.1 Å². The Morgan fingerprint density at radius 3 is 2.58 bits per heavy atom. The third-order valence-electron chi connectivity index (χ3n) is 2.99. The first-order chi connectivity index (χ1) is 11.6. The van der Waals surface area contributed by atoms with Crippen LogP contribution in [0.5, 0.6) is 11.6 Å². The minimum Gasteiger partial charge on any atom is -0.476 e. The molecule has 0 fully saturated rings. The van der Waals surface area contributed by atoms with Gasteiger partial charge >= 0.3 is 5.97 Å². The molecule has 3 rings (SSSR count). The average molecular weight is 323 g/mol. The number of aromatic amines is 1. The number of aromatic carboxylic acids is 1. The van der Waals surface area contributed by atoms with Crippen LogP contribution in [0.15, 0.2) is 48.5 Å². The molecule has 2 N–H and O–H groups in total. The number of benzene rings is 2. The first-order valence-electron chi connectivity index (χ1n) is 6.82. The van der Waals surface area contributed by atoms with Gasteiger partial charge in [0.15, 0.2) is 11.6 Å². The van der Waals surface area contributed by atoms with Crippen LogP contribution in [0.1, 0.15) is 21.6 Å². The molecule has 0 aliphatic rings. The SMILES string of the molecule is O=C(O)c1nn[nH]c1Oc1ccc(C#Cc2ccccc2)cc1F. The fraction of sp³-hybridized carbons (Fsp3) is 0. The summed E-state index contributed by atoms with van der Waals surface area (Å²) in [4.78, 5) is 10.9. The van der Waals surface area contributed by atoms with Crippen LogP contribution in [0.3, 0.4) is 0 Å². The maximum Gasteiger partial charge on any atom is 0.362 e. The lowest BCUT2D eigenvalue weighted by Gasteiger charge is -2.04. The van der Waals surface area contributed by atoms with Gasteiger partial charge in [-0.25, -0.2) is 14.3 Å². The number of carboxylic acid groups (broad SMARTS) is 1. The number of carboxylic acids is 1. The van der Waals surface area contributed by atoms with Crippen molar-refractivity contribution >= 4 is 5.97 Å². The highest BCUT2D eigenvalue weighted by Gasteiger charge is 2.18. The zero-order chi connectivity index (χ0) is 16.9. The van der Waals surface area contributed by atoms with E-state index in [1.165, 1.54) is 12.1 Å². The van der Waals surface area contributed by atoms with Crippen molar-refractivity contribution in [1.29, 1.82) is 0 Å². The molecule has 6 nitrogen and oxygen atoms in total. The van der Waals surface area contributed by atoms with Crippen molar-refractivity contribution in [2.75, 3.05) is 0 Å². The number of H-pyrrole nitrogens is 1. The Morgan fingerprint density at radius 2 is 1.88 bits per heavy atom. The van der Waals surface area contributed by atoms with Gasteiger partial charge in [-0.3, -0.25) is 0 Å². The van der Waals surface area contributed by atoms with Crippen LogP contribution in [0, 0.1) is 17.7 Å². The molecule has 7 heteroatoms. The van der Waals surface area contributed by atoms with Crippen molar-refractivity contribution < 1.29 is 19.0 Å². The number of hydrogen-bond acceptors (Lipinski definition) is 4. The second kappa shape index (κ2) is 6.62. The van der Waals surface area contributed by atoms with Crippen LogP contribution in [0.25, 0.3) is 0 Å². The fourth-order valence-electron chi connectivity index (χ4n) is 1.87. The molecular formula is C17H10FN3O3. The van der Waals surface area contributed by atoms with Gasteiger partial charge in [-0.05, 0) is 30.3 Å². The molecule has 0 spiro atoms. The van der Waals surface area contributed by atoms with Crippen molar-refractivity contribution in [1.82, 2.24) is 15.4 Å². The summed E-state index contributed by atoms with van der Waals surface area (Å²) < 4.78 is 19.3. The number of hydrogen-bond donors (Lipinski definition) is 2. The van der Waals surface area contributed by atoms with E-state index in [1.54, 1.807) is 6.07 Å². The minimum atomic E-state index is -1.33. The summed E-state index contributed by atoms with van der Waals surface area (Å²) in [5, 5.41) is 17.8. The van der Waals surface area contributed by atoms with Gasteiger partial charge in [-0.2, -0.15) is 0 Å². The Labute approximate surface area is 135 Å². The second-order valence-corrected chi connectivity index (χ2v) is 4.66. The number of ether oxygens (including phenoxy) is 1. The number of halogens is 1. The quantitative estimate of drug-likeness (QED) is 0.724. The molecule has 0 atom stereocenters. The third kappa shape index (κ3) is 3.39. The van der Waals surface area contributed by atoms with E-state index >= 15 is 0 Å². The standard InChI is InChI=1S/C17H10FN3O3/c18-13-10-12(7-6-11-4-2-1-3-5-11)8-9-14(13)24-16-15(17(22)23)19-21-20-16/h1-5,8-10H,(H,22,23)(H,19,20,21). The van der Waals surface area contributed by atoms with Gasteiger partial charge in [-0.15, -0.1) is 5.10 Å². The van der Waals surface area contributed by atoms with E-state index in [2.05, 4.69) is 27.3 Å². The lowest BCUT2D eigenvalue weighted by Crippen LogP contribution is -2.00. The van der Waals surface area contributed by atoms with Crippen molar-refractivity contribution in [3.8, 4) is 23.5 Å². The van der Waals surface area contributed by atoms with E-state index in [1.807, 2.05) is 30.3 Å². The van der Waals surface area contributed by atoms with Crippen LogP contribution in [-0.4, -0.2) is 26.5 Å². The number of carbonyl (C=O) groups is 1.